The van der Waals surface area contributed by atoms with E-state index in [1.165, 1.54) is 0 Å². The number of aryl methyl sites for hydroxylation is 1. The molecule has 0 radical (unpaired) electrons. The minimum Gasteiger partial charge on any atom is -0.343 e. The number of carbonyl (C=O) groups is 2. The summed E-state index contributed by atoms with van der Waals surface area (Å²) in [6.45, 7) is 5.39. The van der Waals surface area contributed by atoms with E-state index in [-0.39, 0.29) is 6.04 Å². The Hall–Kier alpha value is -2.73. The molecule has 138 valence electrons. The highest BCUT2D eigenvalue weighted by Gasteiger charge is 2.26. The van der Waals surface area contributed by atoms with Gasteiger partial charge in [0.15, 0.2) is 0 Å². The number of rotatable bonds is 5. The molecule has 1 unspecified atom stereocenters. The molecule has 2 aromatic carbocycles. The zero-order chi connectivity index (χ0) is 19.6. The number of benzene rings is 2. The van der Waals surface area contributed by atoms with Gasteiger partial charge in [-0.3, -0.25) is 9.59 Å². The van der Waals surface area contributed by atoms with Gasteiger partial charge in [0.1, 0.15) is 0 Å². The van der Waals surface area contributed by atoms with Crippen LogP contribution in [0.25, 0.3) is 5.69 Å². The first-order chi connectivity index (χ1) is 12.9. The molecule has 1 amide bonds. The van der Waals surface area contributed by atoms with E-state index in [2.05, 4.69) is 26.3 Å². The van der Waals surface area contributed by atoms with Crippen molar-refractivity contribution < 1.29 is 9.59 Å². The van der Waals surface area contributed by atoms with E-state index in [1.807, 2.05) is 61.5 Å². The molecule has 1 atom stereocenters. The maximum absolute atomic E-state index is 12.8. The lowest BCUT2D eigenvalue weighted by Crippen LogP contribution is -2.33. The van der Waals surface area contributed by atoms with Crippen LogP contribution in [0, 0.1) is 13.8 Å². The molecule has 0 aliphatic carbocycles. The van der Waals surface area contributed by atoms with Gasteiger partial charge in [-0.2, -0.15) is 5.10 Å². The average molecular weight is 426 g/mol. The van der Waals surface area contributed by atoms with Crippen LogP contribution in [0.2, 0.25) is 0 Å². The van der Waals surface area contributed by atoms with Crippen LogP contribution >= 0.6 is 15.9 Å². The zero-order valence-electron chi connectivity index (χ0n) is 15.4. The van der Waals surface area contributed by atoms with Gasteiger partial charge in [-0.1, -0.05) is 46.3 Å². The topological polar surface area (TPSA) is 64.0 Å². The summed E-state index contributed by atoms with van der Waals surface area (Å²) in [6, 6.07) is 16.9. The molecule has 1 aromatic heterocycles. The predicted molar refractivity (Wildman–Crippen MR) is 108 cm³/mol. The van der Waals surface area contributed by atoms with Crippen molar-refractivity contribution in [1.82, 2.24) is 15.1 Å². The van der Waals surface area contributed by atoms with Crippen LogP contribution in [0.4, 0.5) is 0 Å². The van der Waals surface area contributed by atoms with E-state index < -0.39 is 11.7 Å². The Morgan fingerprint density at radius 3 is 2.30 bits per heavy atom. The minimum atomic E-state index is -0.635. The van der Waals surface area contributed by atoms with E-state index in [9.17, 15) is 9.59 Å². The van der Waals surface area contributed by atoms with Crippen LogP contribution in [-0.2, 0) is 4.79 Å². The Balaban J connectivity index is 1.82. The summed E-state index contributed by atoms with van der Waals surface area (Å²) in [6.07, 6.45) is 0. The third kappa shape index (κ3) is 4.01. The number of nitrogens with one attached hydrogen (secondary N) is 1. The van der Waals surface area contributed by atoms with Crippen molar-refractivity contribution >= 4 is 27.6 Å². The summed E-state index contributed by atoms with van der Waals surface area (Å²) in [5.41, 5.74) is 3.30. The molecule has 0 aliphatic heterocycles. The van der Waals surface area contributed by atoms with E-state index in [4.69, 9.17) is 0 Å². The third-order valence-corrected chi connectivity index (χ3v) is 4.97. The molecular formula is C21H20BrN3O2. The van der Waals surface area contributed by atoms with Gasteiger partial charge in [0.25, 0.3) is 11.7 Å². The summed E-state index contributed by atoms with van der Waals surface area (Å²) in [4.78, 5) is 25.3. The largest absolute Gasteiger partial charge is 0.343 e. The Morgan fingerprint density at radius 2 is 1.67 bits per heavy atom. The van der Waals surface area contributed by atoms with Crippen LogP contribution in [0.1, 0.15) is 40.3 Å². The Labute approximate surface area is 166 Å². The number of hydrogen-bond donors (Lipinski definition) is 1. The van der Waals surface area contributed by atoms with Crippen LogP contribution in [0.15, 0.2) is 59.1 Å². The summed E-state index contributed by atoms with van der Waals surface area (Å²) in [5.74, 6) is -1.21. The molecule has 0 aliphatic rings. The molecule has 27 heavy (non-hydrogen) atoms. The van der Waals surface area contributed by atoms with Crippen LogP contribution in [-0.4, -0.2) is 21.5 Å². The van der Waals surface area contributed by atoms with Crippen molar-refractivity contribution in [3.05, 3.63) is 81.6 Å². The van der Waals surface area contributed by atoms with Gasteiger partial charge < -0.3 is 5.32 Å². The number of Topliss-reactive ketones (excluding diaryl/α,β-unsaturated/α-hetero) is 1. The normalized spacial score (nSPS) is 11.9. The van der Waals surface area contributed by atoms with Gasteiger partial charge >= 0.3 is 0 Å². The molecule has 0 fully saturated rings. The minimum absolute atomic E-state index is 0.278. The van der Waals surface area contributed by atoms with Crippen LogP contribution in [0.3, 0.4) is 0 Å². The molecule has 1 N–H and O–H groups in total. The smallest absolute Gasteiger partial charge is 0.293 e. The van der Waals surface area contributed by atoms with E-state index >= 15 is 0 Å². The van der Waals surface area contributed by atoms with E-state index in [0.29, 0.717) is 17.0 Å². The fraction of sp³-hybridized carbons (Fsp3) is 0.190. The standard InChI is InChI=1S/C21H20BrN3O2/c1-13(16-9-11-17(22)12-10-16)23-21(27)20(26)19-14(2)24-25(15(19)3)18-7-5-4-6-8-18/h4-13H,1-3H3,(H,23,27). The highest BCUT2D eigenvalue weighted by atomic mass is 79.9. The van der Waals surface area contributed by atoms with Gasteiger partial charge in [-0.25, -0.2) is 4.68 Å². The van der Waals surface area contributed by atoms with Crippen LogP contribution in [0.5, 0.6) is 0 Å². The first-order valence-corrected chi connectivity index (χ1v) is 9.40. The van der Waals surface area contributed by atoms with Gasteiger partial charge in [0, 0.05) is 4.47 Å². The molecule has 3 rings (SSSR count). The number of para-hydroxylation sites is 1. The molecule has 0 saturated heterocycles. The molecular weight excluding hydrogens is 406 g/mol. The Morgan fingerprint density at radius 1 is 1.04 bits per heavy atom. The second-order valence-corrected chi connectivity index (χ2v) is 7.28. The fourth-order valence-corrected chi connectivity index (χ4v) is 3.27. The van der Waals surface area contributed by atoms with Gasteiger partial charge in [-0.15, -0.1) is 0 Å². The van der Waals surface area contributed by atoms with E-state index in [1.54, 1.807) is 18.5 Å². The molecule has 5 nitrogen and oxygen atoms in total. The zero-order valence-corrected chi connectivity index (χ0v) is 16.9. The van der Waals surface area contributed by atoms with Crippen LogP contribution < -0.4 is 5.32 Å². The Kier molecular flexibility index (Phi) is 5.56. The second-order valence-electron chi connectivity index (χ2n) is 6.37. The molecule has 6 heteroatoms. The maximum Gasteiger partial charge on any atom is 0.293 e. The molecule has 0 spiro atoms. The second kappa shape index (κ2) is 7.88. The number of carbonyl (C=O) groups excluding carboxylic acids is 2. The number of ketones is 1. The molecule has 3 aromatic rings. The number of halogens is 1. The number of nitrogens with zero attached hydrogens (tertiary/aromatic N) is 2. The number of aromatic nitrogens is 2. The number of amides is 1. The molecule has 0 bridgehead atoms. The monoisotopic (exact) mass is 425 g/mol. The highest BCUT2D eigenvalue weighted by Crippen LogP contribution is 2.20. The highest BCUT2D eigenvalue weighted by molar-refractivity contribution is 9.10. The summed E-state index contributed by atoms with van der Waals surface area (Å²) >= 11 is 3.39. The van der Waals surface area contributed by atoms with Gasteiger partial charge in [0.2, 0.25) is 0 Å². The van der Waals surface area contributed by atoms with Crippen molar-refractivity contribution in [3.63, 3.8) is 0 Å². The summed E-state index contributed by atoms with van der Waals surface area (Å²) in [7, 11) is 0. The maximum atomic E-state index is 12.8. The van der Waals surface area contributed by atoms with Crippen molar-refractivity contribution in [2.75, 3.05) is 0 Å². The molecule has 1 heterocycles. The quantitative estimate of drug-likeness (QED) is 0.489. The Bertz CT molecular complexity index is 979. The SMILES string of the molecule is Cc1nn(-c2ccccc2)c(C)c1C(=O)C(=O)NC(C)c1ccc(Br)cc1. The third-order valence-electron chi connectivity index (χ3n) is 4.44. The molecule has 0 saturated carbocycles. The summed E-state index contributed by atoms with van der Waals surface area (Å²) in [5, 5.41) is 7.22. The lowest BCUT2D eigenvalue weighted by molar-refractivity contribution is -0.117. The van der Waals surface area contributed by atoms with E-state index in [0.717, 1.165) is 15.7 Å². The van der Waals surface area contributed by atoms with Crippen molar-refractivity contribution in [3.8, 4) is 5.69 Å². The first-order valence-electron chi connectivity index (χ1n) is 8.60. The summed E-state index contributed by atoms with van der Waals surface area (Å²) < 4.78 is 2.65. The first kappa shape index (κ1) is 19.0. The number of hydrogen-bond acceptors (Lipinski definition) is 3. The van der Waals surface area contributed by atoms with Gasteiger partial charge in [-0.05, 0) is 50.6 Å². The lowest BCUT2D eigenvalue weighted by Gasteiger charge is -2.14. The predicted octanol–water partition coefficient (Wildman–Crippen LogP) is 4.31. The van der Waals surface area contributed by atoms with Gasteiger partial charge in [0.05, 0.1) is 28.7 Å². The van der Waals surface area contributed by atoms with Crippen molar-refractivity contribution in [2.45, 2.75) is 26.8 Å². The van der Waals surface area contributed by atoms with Crippen molar-refractivity contribution in [2.24, 2.45) is 0 Å². The lowest BCUT2D eigenvalue weighted by atomic mass is 10.1. The van der Waals surface area contributed by atoms with Crippen molar-refractivity contribution in [1.29, 1.82) is 0 Å². The fourth-order valence-electron chi connectivity index (χ4n) is 3.00. The average Bonchev–Trinajstić information content (AvgIpc) is 2.96.